The zero-order chi connectivity index (χ0) is 20.6. The third kappa shape index (κ3) is 4.43. The number of aromatic nitrogens is 2. The second-order valence-electron chi connectivity index (χ2n) is 6.78. The lowest BCUT2D eigenvalue weighted by molar-refractivity contribution is -0.144. The Morgan fingerprint density at radius 1 is 1.32 bits per heavy atom. The van der Waals surface area contributed by atoms with Gasteiger partial charge < -0.3 is 19.7 Å². The monoisotopic (exact) mass is 426 g/mol. The second kappa shape index (κ2) is 7.66. The molecule has 1 aliphatic rings. The molecule has 28 heavy (non-hydrogen) atoms. The van der Waals surface area contributed by atoms with Gasteiger partial charge in [0, 0.05) is 13.1 Å². The predicted molar refractivity (Wildman–Crippen MR) is 105 cm³/mol. The summed E-state index contributed by atoms with van der Waals surface area (Å²) in [4.78, 5) is 11.0. The lowest BCUT2D eigenvalue weighted by atomic mass is 10.2. The van der Waals surface area contributed by atoms with Gasteiger partial charge in [-0.15, -0.1) is 0 Å². The highest BCUT2D eigenvalue weighted by atomic mass is 35.5. The molecule has 2 N–H and O–H groups in total. The molecule has 1 atom stereocenters. The predicted octanol–water partition coefficient (Wildman–Crippen LogP) is 4.22. The van der Waals surface area contributed by atoms with Crippen LogP contribution < -0.4 is 9.47 Å². The minimum absolute atomic E-state index is 0.138. The van der Waals surface area contributed by atoms with Crippen molar-refractivity contribution in [2.24, 2.45) is 7.05 Å². The molecule has 1 heterocycles. The number of rotatable bonds is 7. The number of benzene rings is 1. The third-order valence-electron chi connectivity index (χ3n) is 4.38. The first-order valence-electron chi connectivity index (χ1n) is 8.61. The van der Waals surface area contributed by atoms with E-state index in [0.717, 1.165) is 18.5 Å². The maximum atomic E-state index is 11.0. The summed E-state index contributed by atoms with van der Waals surface area (Å²) in [5, 5.41) is 23.8. The van der Waals surface area contributed by atoms with E-state index in [4.69, 9.17) is 37.8 Å². The van der Waals surface area contributed by atoms with Gasteiger partial charge in [-0.25, -0.2) is 9.48 Å². The van der Waals surface area contributed by atoms with Gasteiger partial charge in [-0.1, -0.05) is 29.3 Å². The van der Waals surface area contributed by atoms with Crippen LogP contribution >= 0.6 is 23.2 Å². The van der Waals surface area contributed by atoms with Gasteiger partial charge in [0.05, 0.1) is 26.9 Å². The van der Waals surface area contributed by atoms with Crippen LogP contribution in [-0.2, 0) is 11.8 Å². The summed E-state index contributed by atoms with van der Waals surface area (Å²) in [5.41, 5.74) is 0.667. The first-order valence-corrected chi connectivity index (χ1v) is 9.37. The summed E-state index contributed by atoms with van der Waals surface area (Å²) >= 11 is 12.4. The molecule has 1 aromatic carbocycles. The van der Waals surface area contributed by atoms with E-state index in [0.29, 0.717) is 11.4 Å². The molecule has 150 valence electrons. The quantitative estimate of drug-likeness (QED) is 0.688. The van der Waals surface area contributed by atoms with E-state index in [-0.39, 0.29) is 21.5 Å². The highest BCUT2D eigenvalue weighted by Crippen LogP contribution is 2.41. The van der Waals surface area contributed by atoms with Crippen molar-refractivity contribution in [3.8, 4) is 17.4 Å². The van der Waals surface area contributed by atoms with Crippen molar-refractivity contribution in [2.75, 3.05) is 0 Å². The molecule has 1 fully saturated rings. The Balaban J connectivity index is 1.93. The van der Waals surface area contributed by atoms with Crippen LogP contribution in [0.4, 0.5) is 0 Å². The average molecular weight is 427 g/mol. The van der Waals surface area contributed by atoms with Crippen molar-refractivity contribution in [2.45, 2.75) is 38.4 Å². The fraction of sp³-hybridized carbons (Fsp3) is 0.368. The van der Waals surface area contributed by atoms with Gasteiger partial charge in [0.25, 0.3) is 0 Å². The van der Waals surface area contributed by atoms with Crippen LogP contribution in [-0.4, -0.2) is 37.7 Å². The number of carboxylic acids is 1. The van der Waals surface area contributed by atoms with Gasteiger partial charge >= 0.3 is 5.97 Å². The van der Waals surface area contributed by atoms with Crippen molar-refractivity contribution in [3.63, 3.8) is 0 Å². The van der Waals surface area contributed by atoms with Crippen molar-refractivity contribution in [1.29, 1.82) is 0 Å². The maximum Gasteiger partial charge on any atom is 0.344 e. The summed E-state index contributed by atoms with van der Waals surface area (Å²) in [6.07, 6.45) is 3.87. The molecule has 0 aliphatic heterocycles. The Morgan fingerprint density at radius 2 is 1.96 bits per heavy atom. The standard InChI is InChI=1S/C19H20Cl2N2O5/c1-10-12(4-5-19(26)6-7-19)17(23(3)22-10)28-16-9-15(13(20)8-14(16)21)27-11(2)18(24)25/h4-5,8-9,11,26H,6-7H2,1-3H3,(H,24,25)/b5-4+/t11-/m0/s1. The van der Waals surface area contributed by atoms with Crippen molar-refractivity contribution < 1.29 is 24.5 Å². The zero-order valence-electron chi connectivity index (χ0n) is 15.6. The summed E-state index contributed by atoms with van der Waals surface area (Å²) in [6.45, 7) is 3.22. The van der Waals surface area contributed by atoms with Crippen LogP contribution in [0, 0.1) is 6.92 Å². The van der Waals surface area contributed by atoms with E-state index in [1.165, 1.54) is 19.1 Å². The van der Waals surface area contributed by atoms with Crippen LogP contribution in [0.3, 0.4) is 0 Å². The normalized spacial score (nSPS) is 16.2. The Morgan fingerprint density at radius 3 is 2.57 bits per heavy atom. The molecule has 0 saturated heterocycles. The van der Waals surface area contributed by atoms with E-state index in [9.17, 15) is 9.90 Å². The van der Waals surface area contributed by atoms with Gasteiger partial charge in [-0.2, -0.15) is 5.10 Å². The number of aryl methyl sites for hydroxylation is 2. The van der Waals surface area contributed by atoms with Crippen LogP contribution in [0.1, 0.15) is 31.0 Å². The van der Waals surface area contributed by atoms with E-state index in [1.54, 1.807) is 23.9 Å². The molecule has 0 unspecified atom stereocenters. The van der Waals surface area contributed by atoms with Crippen molar-refractivity contribution >= 4 is 35.2 Å². The summed E-state index contributed by atoms with van der Waals surface area (Å²) in [7, 11) is 1.72. The van der Waals surface area contributed by atoms with Crippen LogP contribution in [0.5, 0.6) is 17.4 Å². The Kier molecular flexibility index (Phi) is 5.61. The average Bonchev–Trinajstić information content (AvgIpc) is 3.28. The van der Waals surface area contributed by atoms with Crippen molar-refractivity contribution in [3.05, 3.63) is 39.5 Å². The number of aliphatic hydroxyl groups is 1. The molecule has 1 aromatic heterocycles. The number of carboxylic acid groups (broad SMARTS) is 1. The molecular weight excluding hydrogens is 407 g/mol. The second-order valence-corrected chi connectivity index (χ2v) is 7.59. The summed E-state index contributed by atoms with van der Waals surface area (Å²) in [6, 6.07) is 2.86. The Labute approximate surface area is 172 Å². The van der Waals surface area contributed by atoms with Crippen LogP contribution in [0.2, 0.25) is 10.0 Å². The number of hydrogen-bond acceptors (Lipinski definition) is 5. The first kappa shape index (κ1) is 20.5. The Hall–Kier alpha value is -2.22. The fourth-order valence-electron chi connectivity index (χ4n) is 2.52. The number of ether oxygens (including phenoxy) is 2. The number of carbonyl (C=O) groups is 1. The lowest BCUT2D eigenvalue weighted by Crippen LogP contribution is -2.23. The van der Waals surface area contributed by atoms with Gasteiger partial charge in [-0.3, -0.25) is 0 Å². The molecule has 1 aliphatic carbocycles. The highest BCUT2D eigenvalue weighted by molar-refractivity contribution is 6.36. The van der Waals surface area contributed by atoms with E-state index in [2.05, 4.69) is 5.10 Å². The van der Waals surface area contributed by atoms with Crippen molar-refractivity contribution in [1.82, 2.24) is 9.78 Å². The van der Waals surface area contributed by atoms with Crippen LogP contribution in [0.15, 0.2) is 18.2 Å². The largest absolute Gasteiger partial charge is 0.479 e. The van der Waals surface area contributed by atoms with E-state index < -0.39 is 17.7 Å². The number of aliphatic carboxylic acids is 1. The zero-order valence-corrected chi connectivity index (χ0v) is 17.1. The molecular formula is C19H20Cl2N2O5. The molecule has 7 nitrogen and oxygen atoms in total. The maximum absolute atomic E-state index is 11.0. The topological polar surface area (TPSA) is 93.8 Å². The smallest absolute Gasteiger partial charge is 0.344 e. The SMILES string of the molecule is Cc1nn(C)c(Oc2cc(O[C@@H](C)C(=O)O)c(Cl)cc2Cl)c1/C=C/C1(O)CC1. The first-order chi connectivity index (χ1) is 13.1. The lowest BCUT2D eigenvalue weighted by Gasteiger charge is -2.15. The Bertz CT molecular complexity index is 950. The van der Waals surface area contributed by atoms with Gasteiger partial charge in [0.1, 0.15) is 5.75 Å². The molecule has 0 radical (unpaired) electrons. The summed E-state index contributed by atoms with van der Waals surface area (Å²) in [5.74, 6) is -0.332. The van der Waals surface area contributed by atoms with E-state index in [1.807, 2.05) is 6.92 Å². The summed E-state index contributed by atoms with van der Waals surface area (Å²) < 4.78 is 12.9. The fourth-order valence-corrected chi connectivity index (χ4v) is 2.99. The molecule has 0 amide bonds. The molecule has 9 heteroatoms. The number of halogens is 2. The van der Waals surface area contributed by atoms with Gasteiger partial charge in [-0.05, 0) is 38.8 Å². The molecule has 2 aromatic rings. The van der Waals surface area contributed by atoms with E-state index >= 15 is 0 Å². The van der Waals surface area contributed by atoms with Gasteiger partial charge in [0.2, 0.25) is 5.88 Å². The third-order valence-corrected chi connectivity index (χ3v) is 4.97. The highest BCUT2D eigenvalue weighted by Gasteiger charge is 2.37. The number of hydrogen-bond donors (Lipinski definition) is 2. The minimum Gasteiger partial charge on any atom is -0.479 e. The van der Waals surface area contributed by atoms with Gasteiger partial charge in [0.15, 0.2) is 11.9 Å². The molecule has 1 saturated carbocycles. The molecule has 0 bridgehead atoms. The number of nitrogens with zero attached hydrogens (tertiary/aromatic N) is 2. The molecule has 3 rings (SSSR count). The minimum atomic E-state index is -1.12. The molecule has 0 spiro atoms. The van der Waals surface area contributed by atoms with Crippen LogP contribution in [0.25, 0.3) is 6.08 Å².